The predicted octanol–water partition coefficient (Wildman–Crippen LogP) is 5.58. The summed E-state index contributed by atoms with van der Waals surface area (Å²) < 4.78 is 5.99. The highest BCUT2D eigenvalue weighted by Crippen LogP contribution is 2.30. The second-order valence-electron chi connectivity index (χ2n) is 10.3. The molecule has 5 nitrogen and oxygen atoms in total. The van der Waals surface area contributed by atoms with Crippen molar-refractivity contribution in [1.82, 2.24) is 19.9 Å². The summed E-state index contributed by atoms with van der Waals surface area (Å²) in [7, 11) is 0. The highest BCUT2D eigenvalue weighted by molar-refractivity contribution is 5.59. The fourth-order valence-corrected chi connectivity index (χ4v) is 3.08. The third kappa shape index (κ3) is 4.34. The molecule has 0 fully saturated rings. The molecule has 0 aliphatic carbocycles. The minimum Gasteiger partial charge on any atom is -0.445 e. The zero-order chi connectivity index (χ0) is 20.7. The molecule has 0 unspecified atom stereocenters. The van der Waals surface area contributed by atoms with E-state index in [1.54, 1.807) is 0 Å². The van der Waals surface area contributed by atoms with Crippen LogP contribution in [0.25, 0.3) is 11.3 Å². The van der Waals surface area contributed by atoms with E-state index in [2.05, 4.69) is 81.4 Å². The molecule has 0 spiro atoms. The number of hydrogen-bond donors (Lipinski definition) is 1. The number of aromatic amines is 1. The summed E-state index contributed by atoms with van der Waals surface area (Å²) in [5, 5.41) is 0. The maximum absolute atomic E-state index is 5.99. The van der Waals surface area contributed by atoms with Crippen LogP contribution in [0.5, 0.6) is 0 Å². The Bertz CT molecular complexity index is 951. The van der Waals surface area contributed by atoms with E-state index in [-0.39, 0.29) is 16.2 Å². The summed E-state index contributed by atoms with van der Waals surface area (Å²) in [6.45, 7) is 17.2. The molecule has 3 rings (SSSR count). The minimum absolute atomic E-state index is 0.00911. The Morgan fingerprint density at radius 2 is 1.61 bits per heavy atom. The molecule has 0 atom stereocenters. The average molecular weight is 381 g/mol. The van der Waals surface area contributed by atoms with Crippen LogP contribution in [0.1, 0.15) is 78.6 Å². The van der Waals surface area contributed by atoms with Gasteiger partial charge in [-0.3, -0.25) is 4.98 Å². The Labute approximate surface area is 168 Å². The zero-order valence-corrected chi connectivity index (χ0v) is 18.3. The summed E-state index contributed by atoms with van der Waals surface area (Å²) >= 11 is 0. The summed E-state index contributed by atoms with van der Waals surface area (Å²) in [5.41, 5.74) is 2.89. The predicted molar refractivity (Wildman–Crippen MR) is 112 cm³/mol. The highest BCUT2D eigenvalue weighted by Gasteiger charge is 2.28. The molecule has 28 heavy (non-hydrogen) atoms. The van der Waals surface area contributed by atoms with Crippen LogP contribution < -0.4 is 0 Å². The summed E-state index contributed by atoms with van der Waals surface area (Å²) in [6.07, 6.45) is 6.33. The second kappa shape index (κ2) is 6.87. The normalized spacial score (nSPS) is 13.1. The van der Waals surface area contributed by atoms with E-state index in [0.717, 1.165) is 40.8 Å². The van der Waals surface area contributed by atoms with E-state index in [9.17, 15) is 0 Å². The van der Waals surface area contributed by atoms with Crippen molar-refractivity contribution in [3.63, 3.8) is 0 Å². The van der Waals surface area contributed by atoms with Crippen molar-refractivity contribution in [3.05, 3.63) is 53.9 Å². The second-order valence-corrected chi connectivity index (χ2v) is 10.3. The molecule has 0 aromatic carbocycles. The zero-order valence-electron chi connectivity index (χ0n) is 18.3. The quantitative estimate of drug-likeness (QED) is 0.642. The van der Waals surface area contributed by atoms with Crippen LogP contribution in [0.15, 0.2) is 35.1 Å². The molecule has 3 heterocycles. The molecular formula is C23H32N4O. The fourth-order valence-electron chi connectivity index (χ4n) is 3.08. The van der Waals surface area contributed by atoms with Gasteiger partial charge in [0.2, 0.25) is 0 Å². The van der Waals surface area contributed by atoms with Crippen LogP contribution >= 0.6 is 0 Å². The standard InChI is InChI=1S/C23H32N4O/c1-21(2,3)18-11-15(9-10-24-18)17-14-25-19(27-17)23(7,8)12-16-13-26-20(28-16)22(4,5)6/h9-11,13-14H,12H2,1-8H3,(H,25,27). The average Bonchev–Trinajstić information content (AvgIpc) is 3.23. The monoisotopic (exact) mass is 380 g/mol. The molecule has 0 bridgehead atoms. The first kappa shape index (κ1) is 20.3. The van der Waals surface area contributed by atoms with E-state index in [1.165, 1.54) is 0 Å². The molecule has 0 aliphatic heterocycles. The van der Waals surface area contributed by atoms with Crippen molar-refractivity contribution >= 4 is 0 Å². The summed E-state index contributed by atoms with van der Waals surface area (Å²) in [5.74, 6) is 2.59. The maximum atomic E-state index is 5.99. The van der Waals surface area contributed by atoms with Crippen molar-refractivity contribution in [2.45, 2.75) is 78.1 Å². The first-order valence-electron chi connectivity index (χ1n) is 9.84. The lowest BCUT2D eigenvalue weighted by Gasteiger charge is -2.21. The molecule has 5 heteroatoms. The Hall–Kier alpha value is -2.43. The fraction of sp³-hybridized carbons (Fsp3) is 0.522. The number of oxazole rings is 1. The molecule has 1 N–H and O–H groups in total. The number of hydrogen-bond acceptors (Lipinski definition) is 4. The van der Waals surface area contributed by atoms with Gasteiger partial charge in [-0.1, -0.05) is 55.4 Å². The third-order valence-corrected chi connectivity index (χ3v) is 4.87. The number of rotatable bonds is 4. The summed E-state index contributed by atoms with van der Waals surface area (Å²) in [6, 6.07) is 4.15. The number of nitrogens with one attached hydrogen (secondary N) is 1. The topological polar surface area (TPSA) is 67.6 Å². The van der Waals surface area contributed by atoms with Crippen molar-refractivity contribution in [2.24, 2.45) is 0 Å². The van der Waals surface area contributed by atoms with E-state index in [1.807, 2.05) is 24.7 Å². The Balaban J connectivity index is 1.83. The number of H-pyrrole nitrogens is 1. The van der Waals surface area contributed by atoms with Crippen LogP contribution in [-0.2, 0) is 22.7 Å². The van der Waals surface area contributed by atoms with E-state index < -0.39 is 0 Å². The van der Waals surface area contributed by atoms with Gasteiger partial charge in [-0.25, -0.2) is 9.97 Å². The van der Waals surface area contributed by atoms with Crippen LogP contribution in [-0.4, -0.2) is 19.9 Å². The maximum Gasteiger partial charge on any atom is 0.199 e. The van der Waals surface area contributed by atoms with E-state index in [4.69, 9.17) is 4.42 Å². The summed E-state index contributed by atoms with van der Waals surface area (Å²) in [4.78, 5) is 17.1. The largest absolute Gasteiger partial charge is 0.445 e. The minimum atomic E-state index is -0.202. The van der Waals surface area contributed by atoms with E-state index in [0.29, 0.717) is 0 Å². The van der Waals surface area contributed by atoms with Crippen LogP contribution in [0.3, 0.4) is 0 Å². The van der Waals surface area contributed by atoms with Crippen molar-refractivity contribution in [2.75, 3.05) is 0 Å². The first-order valence-corrected chi connectivity index (χ1v) is 9.84. The van der Waals surface area contributed by atoms with Gasteiger partial charge in [-0.15, -0.1) is 0 Å². The third-order valence-electron chi connectivity index (χ3n) is 4.87. The first-order chi connectivity index (χ1) is 12.9. The Morgan fingerprint density at radius 3 is 2.21 bits per heavy atom. The van der Waals surface area contributed by atoms with Gasteiger partial charge in [0.15, 0.2) is 5.89 Å². The van der Waals surface area contributed by atoms with Gasteiger partial charge in [0, 0.05) is 40.1 Å². The highest BCUT2D eigenvalue weighted by atomic mass is 16.4. The molecule has 0 amide bonds. The van der Waals surface area contributed by atoms with Crippen LogP contribution in [0.2, 0.25) is 0 Å². The number of imidazole rings is 1. The van der Waals surface area contributed by atoms with Gasteiger partial charge in [-0.05, 0) is 12.1 Å². The Morgan fingerprint density at radius 1 is 0.893 bits per heavy atom. The number of aromatic nitrogens is 4. The number of pyridine rings is 1. The smallest absolute Gasteiger partial charge is 0.199 e. The number of nitrogens with zero attached hydrogens (tertiary/aromatic N) is 3. The molecule has 0 saturated heterocycles. The van der Waals surface area contributed by atoms with Gasteiger partial charge < -0.3 is 9.40 Å². The van der Waals surface area contributed by atoms with Crippen LogP contribution in [0.4, 0.5) is 0 Å². The van der Waals surface area contributed by atoms with Gasteiger partial charge >= 0.3 is 0 Å². The van der Waals surface area contributed by atoms with Crippen molar-refractivity contribution in [3.8, 4) is 11.3 Å². The van der Waals surface area contributed by atoms with Gasteiger partial charge in [0.25, 0.3) is 0 Å². The molecule has 150 valence electrons. The van der Waals surface area contributed by atoms with Crippen molar-refractivity contribution < 1.29 is 4.42 Å². The van der Waals surface area contributed by atoms with E-state index >= 15 is 0 Å². The lowest BCUT2D eigenvalue weighted by Crippen LogP contribution is -2.22. The molecule has 0 radical (unpaired) electrons. The SMILES string of the molecule is CC(C)(C)c1cc(-c2cnc(C(C)(C)Cc3cnc(C(C)(C)C)o3)[nH]2)ccn1. The lowest BCUT2D eigenvalue weighted by atomic mass is 9.87. The molecular weight excluding hydrogens is 348 g/mol. The van der Waals surface area contributed by atoms with Gasteiger partial charge in [0.1, 0.15) is 11.6 Å². The van der Waals surface area contributed by atoms with Gasteiger partial charge in [0.05, 0.1) is 18.1 Å². The Kier molecular flexibility index (Phi) is 4.98. The molecule has 3 aromatic rings. The van der Waals surface area contributed by atoms with Crippen LogP contribution in [0, 0.1) is 0 Å². The molecule has 3 aromatic heterocycles. The molecule has 0 aliphatic rings. The molecule has 0 saturated carbocycles. The van der Waals surface area contributed by atoms with Gasteiger partial charge in [-0.2, -0.15) is 0 Å². The lowest BCUT2D eigenvalue weighted by molar-refractivity contribution is 0.350. The van der Waals surface area contributed by atoms with Crippen molar-refractivity contribution in [1.29, 1.82) is 0 Å².